The molecule has 0 aromatic carbocycles. The molecule has 0 saturated carbocycles. The predicted octanol–water partition coefficient (Wildman–Crippen LogP) is 6.22. The summed E-state index contributed by atoms with van der Waals surface area (Å²) in [6.45, 7) is 4.32. The fourth-order valence-corrected chi connectivity index (χ4v) is 6.19. The van der Waals surface area contributed by atoms with Crippen molar-refractivity contribution < 1.29 is 0 Å². The van der Waals surface area contributed by atoms with E-state index in [1.54, 1.807) is 12.1 Å². The molecule has 6 heteroatoms. The van der Waals surface area contributed by atoms with Crippen LogP contribution >= 0.6 is 46.1 Å². The molecule has 1 aliphatic rings. The third-order valence-corrected chi connectivity index (χ3v) is 7.31. The van der Waals surface area contributed by atoms with Gasteiger partial charge in [0.05, 0.1) is 33.3 Å². The van der Waals surface area contributed by atoms with Gasteiger partial charge in [-0.1, -0.05) is 0 Å². The summed E-state index contributed by atoms with van der Waals surface area (Å²) in [5.41, 5.74) is 2.48. The zero-order valence-corrected chi connectivity index (χ0v) is 14.2. The lowest BCUT2D eigenvalue weighted by Crippen LogP contribution is -1.79. The molecule has 0 saturated heterocycles. The Kier molecular flexibility index (Phi) is 3.07. The zero-order valence-electron chi connectivity index (χ0n) is 10.9. The Bertz CT molecular complexity index is 718. The van der Waals surface area contributed by atoms with E-state index in [-0.39, 0.29) is 0 Å². The van der Waals surface area contributed by atoms with Gasteiger partial charge in [-0.05, 0) is 38.1 Å². The number of fused-ring (bicyclic) bond motifs is 1. The Balaban J connectivity index is 1.90. The van der Waals surface area contributed by atoms with Gasteiger partial charge in [-0.15, -0.1) is 34.0 Å². The average Bonchev–Trinajstić information content (AvgIpc) is 3.12. The van der Waals surface area contributed by atoms with Crippen molar-refractivity contribution in [3.05, 3.63) is 34.0 Å². The number of hydrogen-bond donors (Lipinski definition) is 2. The molecule has 4 rings (SSSR count). The van der Waals surface area contributed by atoms with Gasteiger partial charge >= 0.3 is 0 Å². The van der Waals surface area contributed by atoms with Gasteiger partial charge in [0, 0.05) is 19.5 Å². The second kappa shape index (κ2) is 4.80. The number of aryl methyl sites for hydroxylation is 2. The fourth-order valence-electron chi connectivity index (χ4n) is 2.21. The molecule has 0 bridgehead atoms. The predicted molar refractivity (Wildman–Crippen MR) is 95.3 cm³/mol. The van der Waals surface area contributed by atoms with E-state index in [0.29, 0.717) is 0 Å². The lowest BCUT2D eigenvalue weighted by Gasteiger charge is -1.97. The Morgan fingerprint density at radius 3 is 1.60 bits per heavy atom. The quantitative estimate of drug-likeness (QED) is 0.543. The van der Waals surface area contributed by atoms with Gasteiger partial charge in [0.1, 0.15) is 0 Å². The van der Waals surface area contributed by atoms with Crippen LogP contribution in [0.4, 0.5) is 11.4 Å². The topological polar surface area (TPSA) is 24.1 Å². The van der Waals surface area contributed by atoms with E-state index in [4.69, 9.17) is 0 Å². The summed E-state index contributed by atoms with van der Waals surface area (Å²) in [7, 11) is 0. The summed E-state index contributed by atoms with van der Waals surface area (Å²) >= 11 is 7.15. The molecule has 2 N–H and O–H groups in total. The van der Waals surface area contributed by atoms with Crippen LogP contribution in [0, 0.1) is 13.8 Å². The van der Waals surface area contributed by atoms with Crippen molar-refractivity contribution in [3.8, 4) is 19.5 Å². The Morgan fingerprint density at radius 2 is 1.20 bits per heavy atom. The van der Waals surface area contributed by atoms with Crippen molar-refractivity contribution in [3.63, 3.8) is 0 Å². The first-order valence-electron chi connectivity index (χ1n) is 6.20. The van der Waals surface area contributed by atoms with Gasteiger partial charge in [0.2, 0.25) is 0 Å². The Morgan fingerprint density at radius 1 is 0.700 bits per heavy atom. The van der Waals surface area contributed by atoms with E-state index in [0.717, 1.165) is 0 Å². The van der Waals surface area contributed by atoms with Crippen molar-refractivity contribution in [1.29, 1.82) is 0 Å². The maximum atomic E-state index is 3.40. The first kappa shape index (κ1) is 12.8. The van der Waals surface area contributed by atoms with E-state index < -0.39 is 0 Å². The molecule has 4 heterocycles. The van der Waals surface area contributed by atoms with E-state index in [9.17, 15) is 0 Å². The van der Waals surface area contributed by atoms with Gasteiger partial charge in [-0.2, -0.15) is 0 Å². The molecule has 0 amide bonds. The molecule has 0 aliphatic carbocycles. The van der Waals surface area contributed by atoms with Crippen molar-refractivity contribution in [2.75, 3.05) is 9.44 Å². The lowest BCUT2D eigenvalue weighted by molar-refractivity contribution is 1.64. The molecular formula is C14H12N2S4. The summed E-state index contributed by atoms with van der Waals surface area (Å²) in [5, 5.41) is 0. The SMILES string of the molecule is Cc1ccc(-c2sc(-c3ccc(C)s3)c3c2NSN3)s1. The fraction of sp³-hybridized carbons (Fsp3) is 0.143. The Labute approximate surface area is 134 Å². The van der Waals surface area contributed by atoms with Crippen LogP contribution in [0.15, 0.2) is 24.3 Å². The number of hydrogen-bond acceptors (Lipinski definition) is 6. The van der Waals surface area contributed by atoms with Crippen LogP contribution in [-0.2, 0) is 0 Å². The highest BCUT2D eigenvalue weighted by Gasteiger charge is 2.25. The van der Waals surface area contributed by atoms with Crippen LogP contribution in [0.3, 0.4) is 0 Å². The standard InChI is InChI=1S/C14H12N2S4/c1-7-3-5-9(17-7)13-11-12(16-20-15-11)14(19-13)10-6-4-8(2)18-10/h3-6,15-16H,1-2H3. The van der Waals surface area contributed by atoms with Gasteiger partial charge < -0.3 is 9.44 Å². The largest absolute Gasteiger partial charge is 0.309 e. The maximum absolute atomic E-state index is 3.40. The van der Waals surface area contributed by atoms with E-state index >= 15 is 0 Å². The van der Waals surface area contributed by atoms with Gasteiger partial charge in [0.15, 0.2) is 0 Å². The molecule has 0 fully saturated rings. The minimum atomic E-state index is 1.24. The third-order valence-electron chi connectivity index (χ3n) is 3.14. The van der Waals surface area contributed by atoms with Crippen LogP contribution in [0.25, 0.3) is 19.5 Å². The molecule has 2 nitrogen and oxygen atoms in total. The third kappa shape index (κ3) is 1.98. The highest BCUT2D eigenvalue weighted by atomic mass is 32.2. The average molecular weight is 337 g/mol. The normalized spacial score (nSPS) is 13.1. The number of nitrogens with one attached hydrogen (secondary N) is 2. The van der Waals surface area contributed by atoms with E-state index in [1.807, 2.05) is 34.0 Å². The van der Waals surface area contributed by atoms with Crippen molar-refractivity contribution in [1.82, 2.24) is 0 Å². The lowest BCUT2D eigenvalue weighted by atomic mass is 10.2. The van der Waals surface area contributed by atoms with Crippen molar-refractivity contribution in [2.45, 2.75) is 13.8 Å². The van der Waals surface area contributed by atoms with E-state index in [1.165, 1.54) is 40.6 Å². The molecule has 3 aromatic heterocycles. The Hall–Kier alpha value is -0.950. The first-order chi connectivity index (χ1) is 9.72. The molecule has 0 atom stereocenters. The molecular weight excluding hydrogens is 324 g/mol. The molecule has 0 spiro atoms. The second-order valence-corrected chi connectivity index (χ2v) is 8.85. The van der Waals surface area contributed by atoms with Crippen LogP contribution in [0.1, 0.15) is 9.75 Å². The van der Waals surface area contributed by atoms with Gasteiger partial charge in [-0.25, -0.2) is 0 Å². The molecule has 3 aromatic rings. The summed E-state index contributed by atoms with van der Waals surface area (Å²) < 4.78 is 6.80. The highest BCUT2D eigenvalue weighted by Crippen LogP contribution is 2.55. The smallest absolute Gasteiger partial charge is 0.0902 e. The second-order valence-electron chi connectivity index (χ2n) is 4.64. The minimum Gasteiger partial charge on any atom is -0.309 e. The first-order valence-corrected chi connectivity index (χ1v) is 9.47. The monoisotopic (exact) mass is 336 g/mol. The zero-order chi connectivity index (χ0) is 13.7. The van der Waals surface area contributed by atoms with Crippen molar-refractivity contribution >= 4 is 57.5 Å². The van der Waals surface area contributed by atoms with Crippen LogP contribution in [-0.4, -0.2) is 0 Å². The van der Waals surface area contributed by atoms with Crippen molar-refractivity contribution in [2.24, 2.45) is 0 Å². The minimum absolute atomic E-state index is 1.24. The van der Waals surface area contributed by atoms with Gasteiger partial charge in [-0.3, -0.25) is 0 Å². The number of thiophene rings is 3. The van der Waals surface area contributed by atoms with Crippen LogP contribution < -0.4 is 9.44 Å². The van der Waals surface area contributed by atoms with Gasteiger partial charge in [0.25, 0.3) is 0 Å². The molecule has 0 radical (unpaired) electrons. The highest BCUT2D eigenvalue weighted by molar-refractivity contribution is 8.02. The molecule has 102 valence electrons. The summed E-state index contributed by atoms with van der Waals surface area (Å²) in [5.74, 6) is 0. The molecule has 20 heavy (non-hydrogen) atoms. The molecule has 1 aliphatic heterocycles. The summed E-state index contributed by atoms with van der Waals surface area (Å²) in [4.78, 5) is 8.09. The molecule has 0 unspecified atom stereocenters. The van der Waals surface area contributed by atoms with Crippen LogP contribution in [0.2, 0.25) is 0 Å². The summed E-state index contributed by atoms with van der Waals surface area (Å²) in [6.07, 6.45) is 0. The number of anilines is 2. The number of rotatable bonds is 2. The van der Waals surface area contributed by atoms with Crippen LogP contribution in [0.5, 0.6) is 0 Å². The summed E-state index contributed by atoms with van der Waals surface area (Å²) in [6, 6.07) is 8.83. The van der Waals surface area contributed by atoms with E-state index in [2.05, 4.69) is 47.6 Å². The maximum Gasteiger partial charge on any atom is 0.0902 e.